The maximum Gasteiger partial charge on any atom is 0.213 e. The van der Waals surface area contributed by atoms with E-state index in [2.05, 4.69) is 11.1 Å². The van der Waals surface area contributed by atoms with Crippen LogP contribution in [0.1, 0.15) is 40.9 Å². The zero-order chi connectivity index (χ0) is 18.4. The number of hydrogen-bond acceptors (Lipinski definition) is 5. The van der Waals surface area contributed by atoms with Crippen molar-refractivity contribution in [2.75, 3.05) is 0 Å². The minimum atomic E-state index is -0.322. The number of pyridine rings is 1. The van der Waals surface area contributed by atoms with Crippen LogP contribution in [0.25, 0.3) is 0 Å². The molecule has 2 aromatic carbocycles. The smallest absolute Gasteiger partial charge is 0.213 e. The number of para-hydroxylation sites is 1. The van der Waals surface area contributed by atoms with Crippen LogP contribution in [0.3, 0.4) is 0 Å². The number of phenolic OH excluding ortho intramolecular Hbond substituents is 1. The minimum absolute atomic E-state index is 0.0722. The number of ether oxygens (including phenoxy) is 1. The molecular formula is C22H19N3O2. The maximum atomic E-state index is 10.4. The largest absolute Gasteiger partial charge is 0.507 e. The topological polar surface area (TPSA) is 58.0 Å². The van der Waals surface area contributed by atoms with Gasteiger partial charge in [-0.2, -0.15) is 5.10 Å². The van der Waals surface area contributed by atoms with Crippen LogP contribution in [0.2, 0.25) is 0 Å². The fourth-order valence-corrected chi connectivity index (χ4v) is 3.83. The van der Waals surface area contributed by atoms with Gasteiger partial charge in [-0.1, -0.05) is 29.8 Å². The second-order valence-electron chi connectivity index (χ2n) is 6.96. The Hall–Kier alpha value is -3.34. The van der Waals surface area contributed by atoms with Crippen molar-refractivity contribution in [2.24, 2.45) is 5.10 Å². The summed E-state index contributed by atoms with van der Waals surface area (Å²) < 4.78 is 6.30. The molecule has 0 radical (unpaired) electrons. The van der Waals surface area contributed by atoms with Crippen LogP contribution in [0.15, 0.2) is 72.1 Å². The summed E-state index contributed by atoms with van der Waals surface area (Å²) in [5.74, 6) is 1.14. The summed E-state index contributed by atoms with van der Waals surface area (Å²) in [6, 6.07) is 17.7. The first kappa shape index (κ1) is 15.9. The van der Waals surface area contributed by atoms with E-state index in [1.54, 1.807) is 18.5 Å². The van der Waals surface area contributed by atoms with E-state index in [0.29, 0.717) is 0 Å². The second kappa shape index (κ2) is 6.13. The fraction of sp³-hybridized carbons (Fsp3) is 0.182. The van der Waals surface area contributed by atoms with Crippen LogP contribution >= 0.6 is 0 Å². The van der Waals surface area contributed by atoms with Gasteiger partial charge in [0.05, 0.1) is 11.8 Å². The fourth-order valence-electron chi connectivity index (χ4n) is 3.83. The first-order valence-corrected chi connectivity index (χ1v) is 9.02. The van der Waals surface area contributed by atoms with Crippen LogP contribution in [0, 0.1) is 6.92 Å². The molecule has 0 saturated carbocycles. The Kier molecular flexibility index (Phi) is 3.60. The van der Waals surface area contributed by atoms with E-state index in [9.17, 15) is 5.11 Å². The highest BCUT2D eigenvalue weighted by atomic mass is 16.5. The second-order valence-corrected chi connectivity index (χ2v) is 6.96. The van der Waals surface area contributed by atoms with E-state index in [4.69, 9.17) is 9.84 Å². The molecule has 2 aliphatic heterocycles. The van der Waals surface area contributed by atoms with Gasteiger partial charge in [-0.3, -0.25) is 4.98 Å². The van der Waals surface area contributed by atoms with Crippen molar-refractivity contribution in [3.8, 4) is 11.5 Å². The maximum absolute atomic E-state index is 10.4. The van der Waals surface area contributed by atoms with Crippen LogP contribution in [-0.2, 0) is 0 Å². The summed E-state index contributed by atoms with van der Waals surface area (Å²) in [4.78, 5) is 4.11. The molecule has 0 amide bonds. The molecule has 134 valence electrons. The van der Waals surface area contributed by atoms with E-state index in [0.717, 1.165) is 40.1 Å². The number of phenols is 1. The third kappa shape index (κ3) is 2.63. The quantitative estimate of drug-likeness (QED) is 0.741. The van der Waals surface area contributed by atoms with Gasteiger partial charge in [-0.25, -0.2) is 5.01 Å². The molecule has 3 heterocycles. The lowest BCUT2D eigenvalue weighted by Crippen LogP contribution is -2.33. The molecule has 0 spiro atoms. The molecule has 1 aromatic heterocycles. The molecule has 5 heteroatoms. The molecule has 2 aliphatic rings. The van der Waals surface area contributed by atoms with Crippen LogP contribution in [0.4, 0.5) is 0 Å². The summed E-state index contributed by atoms with van der Waals surface area (Å²) in [6.07, 6.45) is 3.93. The zero-order valence-corrected chi connectivity index (χ0v) is 14.9. The number of fused-ring (bicyclic) bond motifs is 3. The van der Waals surface area contributed by atoms with Crippen molar-refractivity contribution in [1.29, 1.82) is 0 Å². The normalized spacial score (nSPS) is 20.5. The average Bonchev–Trinajstić information content (AvgIpc) is 3.15. The van der Waals surface area contributed by atoms with Crippen molar-refractivity contribution in [3.63, 3.8) is 0 Å². The SMILES string of the molecule is Cc1ccc(O)c(C2=NN3[C@H](C2)c2ccccc2O[C@@H]3c2ccncc2)c1. The Morgan fingerprint density at radius 3 is 2.74 bits per heavy atom. The number of hydrogen-bond donors (Lipinski definition) is 1. The van der Waals surface area contributed by atoms with Crippen molar-refractivity contribution in [1.82, 2.24) is 9.99 Å². The predicted molar refractivity (Wildman–Crippen MR) is 103 cm³/mol. The average molecular weight is 357 g/mol. The third-order valence-corrected chi connectivity index (χ3v) is 5.15. The molecule has 1 N–H and O–H groups in total. The van der Waals surface area contributed by atoms with Gasteiger partial charge in [-0.15, -0.1) is 0 Å². The molecular weight excluding hydrogens is 338 g/mol. The van der Waals surface area contributed by atoms with Gasteiger partial charge in [0.1, 0.15) is 11.5 Å². The Labute approximate surface area is 157 Å². The summed E-state index contributed by atoms with van der Waals surface area (Å²) in [7, 11) is 0. The Morgan fingerprint density at radius 2 is 1.89 bits per heavy atom. The van der Waals surface area contributed by atoms with Crippen molar-refractivity contribution in [3.05, 3.63) is 89.2 Å². The van der Waals surface area contributed by atoms with Gasteiger partial charge in [0.2, 0.25) is 6.23 Å². The van der Waals surface area contributed by atoms with E-state index in [-0.39, 0.29) is 18.0 Å². The number of benzene rings is 2. The Morgan fingerprint density at radius 1 is 1.07 bits per heavy atom. The third-order valence-electron chi connectivity index (χ3n) is 5.15. The van der Waals surface area contributed by atoms with Crippen molar-refractivity contribution >= 4 is 5.71 Å². The summed E-state index contributed by atoms with van der Waals surface area (Å²) in [5, 5.41) is 17.3. The molecule has 0 aliphatic carbocycles. The van der Waals surface area contributed by atoms with E-state index in [1.165, 1.54) is 0 Å². The lowest BCUT2D eigenvalue weighted by molar-refractivity contribution is -0.0190. The number of aromatic nitrogens is 1. The van der Waals surface area contributed by atoms with Crippen LogP contribution in [-0.4, -0.2) is 20.8 Å². The first-order chi connectivity index (χ1) is 13.2. The number of aromatic hydroxyl groups is 1. The molecule has 5 nitrogen and oxygen atoms in total. The minimum Gasteiger partial charge on any atom is -0.507 e. The highest BCUT2D eigenvalue weighted by Gasteiger charge is 2.41. The van der Waals surface area contributed by atoms with Crippen molar-refractivity contribution in [2.45, 2.75) is 25.6 Å². The summed E-state index contributed by atoms with van der Waals surface area (Å²) in [6.45, 7) is 2.02. The van der Waals surface area contributed by atoms with E-state index < -0.39 is 0 Å². The Bertz CT molecular complexity index is 1030. The van der Waals surface area contributed by atoms with Gasteiger partial charge < -0.3 is 9.84 Å². The van der Waals surface area contributed by atoms with E-state index >= 15 is 0 Å². The predicted octanol–water partition coefficient (Wildman–Crippen LogP) is 4.34. The van der Waals surface area contributed by atoms with Gasteiger partial charge >= 0.3 is 0 Å². The zero-order valence-electron chi connectivity index (χ0n) is 14.9. The lowest BCUT2D eigenvalue weighted by atomic mass is 9.95. The van der Waals surface area contributed by atoms with Crippen LogP contribution < -0.4 is 4.74 Å². The number of nitrogens with zero attached hydrogens (tertiary/aromatic N) is 3. The molecule has 0 saturated heterocycles. The lowest BCUT2D eigenvalue weighted by Gasteiger charge is -2.38. The van der Waals surface area contributed by atoms with Crippen LogP contribution in [0.5, 0.6) is 11.5 Å². The molecule has 2 atom stereocenters. The Balaban J connectivity index is 1.62. The van der Waals surface area contributed by atoms with Gasteiger partial charge in [0.15, 0.2) is 0 Å². The molecule has 3 aromatic rings. The van der Waals surface area contributed by atoms with Crippen molar-refractivity contribution < 1.29 is 9.84 Å². The monoisotopic (exact) mass is 357 g/mol. The number of rotatable bonds is 2. The molecule has 0 fully saturated rings. The van der Waals surface area contributed by atoms with Gasteiger partial charge in [0, 0.05) is 35.5 Å². The standard InChI is InChI=1S/C22H19N3O2/c1-14-6-7-20(26)17(12-14)18-13-19-16-4-2-3-5-21(16)27-22(25(19)24-18)15-8-10-23-11-9-15/h2-12,19,22,26H,13H2,1H3/t19-,22-/m1/s1. The summed E-state index contributed by atoms with van der Waals surface area (Å²) >= 11 is 0. The first-order valence-electron chi connectivity index (χ1n) is 9.02. The molecule has 27 heavy (non-hydrogen) atoms. The number of aryl methyl sites for hydroxylation is 1. The van der Waals surface area contributed by atoms with Gasteiger partial charge in [-0.05, 0) is 37.3 Å². The summed E-state index contributed by atoms with van der Waals surface area (Å²) in [5.41, 5.74) is 4.88. The molecule has 5 rings (SSSR count). The number of hydrazone groups is 1. The van der Waals surface area contributed by atoms with E-state index in [1.807, 2.05) is 54.4 Å². The highest BCUT2D eigenvalue weighted by molar-refractivity contribution is 6.04. The van der Waals surface area contributed by atoms with Gasteiger partial charge in [0.25, 0.3) is 0 Å². The molecule has 0 bridgehead atoms. The molecule has 0 unspecified atom stereocenters. The highest BCUT2D eigenvalue weighted by Crippen LogP contribution is 2.47.